The minimum atomic E-state index is -0.413. The van der Waals surface area contributed by atoms with Crippen LogP contribution in [0.5, 0.6) is 0 Å². The summed E-state index contributed by atoms with van der Waals surface area (Å²) in [6.07, 6.45) is 0. The van der Waals surface area contributed by atoms with Gasteiger partial charge in [-0.15, -0.1) is 0 Å². The van der Waals surface area contributed by atoms with Crippen LogP contribution in [0, 0.1) is 10.5 Å². The SMILES string of the molecule is Fc1cc(Cl)[nH]c(=S)c1. The van der Waals surface area contributed by atoms with Crippen molar-refractivity contribution in [3.8, 4) is 0 Å². The van der Waals surface area contributed by atoms with E-state index in [1.54, 1.807) is 0 Å². The van der Waals surface area contributed by atoms with Gasteiger partial charge in [0, 0.05) is 12.1 Å². The molecule has 0 aliphatic carbocycles. The van der Waals surface area contributed by atoms with E-state index >= 15 is 0 Å². The van der Waals surface area contributed by atoms with E-state index < -0.39 is 5.82 Å². The standard InChI is InChI=1S/C5H3ClFNS/c6-4-1-3(7)2-5(9)8-4/h1-2H,(H,8,9). The van der Waals surface area contributed by atoms with Crippen molar-refractivity contribution in [3.05, 3.63) is 27.7 Å². The van der Waals surface area contributed by atoms with Crippen LogP contribution in [0.1, 0.15) is 0 Å². The summed E-state index contributed by atoms with van der Waals surface area (Å²) in [6.45, 7) is 0. The maximum Gasteiger partial charge on any atom is 0.129 e. The Balaban J connectivity index is 3.33. The summed E-state index contributed by atoms with van der Waals surface area (Å²) in [5.41, 5.74) is 0. The first-order valence-corrected chi connectivity index (χ1v) is 3.02. The zero-order valence-corrected chi connectivity index (χ0v) is 5.89. The molecule has 0 amide bonds. The first-order valence-electron chi connectivity index (χ1n) is 2.24. The van der Waals surface area contributed by atoms with E-state index in [2.05, 4.69) is 17.2 Å². The number of hydrogen-bond acceptors (Lipinski definition) is 1. The van der Waals surface area contributed by atoms with E-state index in [1.165, 1.54) is 6.07 Å². The van der Waals surface area contributed by atoms with Crippen LogP contribution in [0.25, 0.3) is 0 Å². The third kappa shape index (κ3) is 1.77. The summed E-state index contributed by atoms with van der Waals surface area (Å²) in [7, 11) is 0. The molecule has 0 fully saturated rings. The first-order chi connectivity index (χ1) is 4.18. The zero-order valence-electron chi connectivity index (χ0n) is 4.32. The highest BCUT2D eigenvalue weighted by Crippen LogP contribution is 2.05. The van der Waals surface area contributed by atoms with Crippen molar-refractivity contribution in [1.29, 1.82) is 0 Å². The van der Waals surface area contributed by atoms with Gasteiger partial charge in [0.2, 0.25) is 0 Å². The summed E-state index contributed by atoms with van der Waals surface area (Å²) < 4.78 is 12.6. The minimum Gasteiger partial charge on any atom is -0.337 e. The number of H-pyrrole nitrogens is 1. The summed E-state index contributed by atoms with van der Waals surface area (Å²) in [5.74, 6) is -0.413. The van der Waals surface area contributed by atoms with Crippen LogP contribution in [0.15, 0.2) is 12.1 Å². The molecule has 0 saturated heterocycles. The third-order valence-electron chi connectivity index (χ3n) is 0.776. The van der Waals surface area contributed by atoms with Crippen LogP contribution in [0.3, 0.4) is 0 Å². The van der Waals surface area contributed by atoms with E-state index in [0.717, 1.165) is 6.07 Å². The van der Waals surface area contributed by atoms with Crippen molar-refractivity contribution in [3.63, 3.8) is 0 Å². The normalized spacial score (nSPS) is 9.56. The fourth-order valence-corrected chi connectivity index (χ4v) is 0.962. The minimum absolute atomic E-state index is 0.222. The Morgan fingerprint density at radius 1 is 1.56 bits per heavy atom. The second-order valence-corrected chi connectivity index (χ2v) is 2.36. The number of halogens is 2. The molecule has 1 aromatic rings. The Hall–Kier alpha value is -0.410. The number of nitrogens with one attached hydrogen (secondary N) is 1. The molecule has 0 bridgehead atoms. The number of hydrogen-bond donors (Lipinski definition) is 1. The van der Waals surface area contributed by atoms with Crippen molar-refractivity contribution in [2.75, 3.05) is 0 Å². The Morgan fingerprint density at radius 3 is 2.67 bits per heavy atom. The average Bonchev–Trinajstić information content (AvgIpc) is 1.59. The Kier molecular flexibility index (Phi) is 1.83. The van der Waals surface area contributed by atoms with E-state index in [9.17, 15) is 4.39 Å². The van der Waals surface area contributed by atoms with Crippen molar-refractivity contribution < 1.29 is 4.39 Å². The fourth-order valence-electron chi connectivity index (χ4n) is 0.478. The summed E-state index contributed by atoms with van der Waals surface area (Å²) >= 11 is 10.00. The Morgan fingerprint density at radius 2 is 2.22 bits per heavy atom. The molecule has 0 spiro atoms. The lowest BCUT2D eigenvalue weighted by molar-refractivity contribution is 0.625. The highest BCUT2D eigenvalue weighted by atomic mass is 35.5. The highest BCUT2D eigenvalue weighted by molar-refractivity contribution is 7.71. The molecule has 1 N–H and O–H groups in total. The molecule has 48 valence electrons. The molecule has 0 unspecified atom stereocenters. The van der Waals surface area contributed by atoms with Crippen LogP contribution in [-0.4, -0.2) is 4.98 Å². The summed E-state index contributed by atoms with van der Waals surface area (Å²) in [4.78, 5) is 2.55. The van der Waals surface area contributed by atoms with Crippen molar-refractivity contribution >= 4 is 23.8 Å². The molecule has 1 aromatic heterocycles. The van der Waals surface area contributed by atoms with Gasteiger partial charge in [-0.1, -0.05) is 23.8 Å². The van der Waals surface area contributed by atoms with Crippen LogP contribution in [0.2, 0.25) is 5.15 Å². The van der Waals surface area contributed by atoms with E-state index in [1.807, 2.05) is 0 Å². The van der Waals surface area contributed by atoms with Gasteiger partial charge in [-0.05, 0) is 0 Å². The van der Waals surface area contributed by atoms with Gasteiger partial charge >= 0.3 is 0 Å². The zero-order chi connectivity index (χ0) is 6.85. The van der Waals surface area contributed by atoms with Gasteiger partial charge in [-0.3, -0.25) is 0 Å². The van der Waals surface area contributed by atoms with E-state index in [4.69, 9.17) is 11.6 Å². The van der Waals surface area contributed by atoms with Crippen LogP contribution in [0.4, 0.5) is 4.39 Å². The van der Waals surface area contributed by atoms with Gasteiger partial charge in [0.05, 0.1) is 0 Å². The lowest BCUT2D eigenvalue weighted by Crippen LogP contribution is -1.78. The highest BCUT2D eigenvalue weighted by Gasteiger charge is 1.90. The molecule has 9 heavy (non-hydrogen) atoms. The largest absolute Gasteiger partial charge is 0.337 e. The molecule has 1 rings (SSSR count). The number of rotatable bonds is 0. The number of aromatic amines is 1. The van der Waals surface area contributed by atoms with Crippen LogP contribution in [-0.2, 0) is 0 Å². The van der Waals surface area contributed by atoms with Crippen molar-refractivity contribution in [1.82, 2.24) is 4.98 Å². The predicted molar refractivity (Wildman–Crippen MR) is 36.6 cm³/mol. The average molecular weight is 164 g/mol. The molecular weight excluding hydrogens is 161 g/mol. The monoisotopic (exact) mass is 163 g/mol. The predicted octanol–water partition coefficient (Wildman–Crippen LogP) is 2.54. The van der Waals surface area contributed by atoms with Gasteiger partial charge in [-0.2, -0.15) is 0 Å². The summed E-state index contributed by atoms with van der Waals surface area (Å²) in [5, 5.41) is 0.222. The van der Waals surface area contributed by atoms with Crippen molar-refractivity contribution in [2.24, 2.45) is 0 Å². The lowest BCUT2D eigenvalue weighted by atomic mass is 10.5. The molecule has 0 aliphatic heterocycles. The molecule has 0 saturated carbocycles. The van der Waals surface area contributed by atoms with Gasteiger partial charge in [-0.25, -0.2) is 4.39 Å². The van der Waals surface area contributed by atoms with Gasteiger partial charge < -0.3 is 4.98 Å². The van der Waals surface area contributed by atoms with Crippen LogP contribution < -0.4 is 0 Å². The second-order valence-electron chi connectivity index (χ2n) is 1.51. The first kappa shape index (κ1) is 6.71. The molecule has 0 aromatic carbocycles. The molecule has 0 radical (unpaired) electrons. The Labute approximate surface area is 61.5 Å². The molecule has 0 atom stereocenters. The van der Waals surface area contributed by atoms with Gasteiger partial charge in [0.1, 0.15) is 15.6 Å². The quantitative estimate of drug-likeness (QED) is 0.459. The van der Waals surface area contributed by atoms with Crippen molar-refractivity contribution in [2.45, 2.75) is 0 Å². The Bertz CT molecular complexity index is 247. The molecule has 1 nitrogen and oxygen atoms in total. The smallest absolute Gasteiger partial charge is 0.129 e. The van der Waals surface area contributed by atoms with E-state index in [-0.39, 0.29) is 5.15 Å². The molecule has 0 aliphatic rings. The number of pyridine rings is 1. The maximum absolute atomic E-state index is 12.3. The lowest BCUT2D eigenvalue weighted by Gasteiger charge is -1.88. The van der Waals surface area contributed by atoms with Gasteiger partial charge in [0.25, 0.3) is 0 Å². The molecule has 1 heterocycles. The van der Waals surface area contributed by atoms with Crippen LogP contribution >= 0.6 is 23.8 Å². The summed E-state index contributed by atoms with van der Waals surface area (Å²) in [6, 6.07) is 2.36. The molecular formula is C5H3ClFNS. The molecule has 4 heteroatoms. The third-order valence-corrected chi connectivity index (χ3v) is 1.20. The van der Waals surface area contributed by atoms with Gasteiger partial charge in [0.15, 0.2) is 0 Å². The maximum atomic E-state index is 12.3. The second kappa shape index (κ2) is 2.45. The fraction of sp³-hybridized carbons (Fsp3) is 0. The topological polar surface area (TPSA) is 15.8 Å². The number of aromatic nitrogens is 1. The van der Waals surface area contributed by atoms with E-state index in [0.29, 0.717) is 4.64 Å².